The van der Waals surface area contributed by atoms with Gasteiger partial charge in [-0.05, 0) is 42.2 Å². The lowest BCUT2D eigenvalue weighted by Crippen LogP contribution is -2.67. The first kappa shape index (κ1) is 10.8. The molecule has 1 aromatic carbocycles. The normalized spacial score (nSPS) is 33.7. The zero-order valence-electron chi connectivity index (χ0n) is 10.2. The molecule has 0 aliphatic heterocycles. The summed E-state index contributed by atoms with van der Waals surface area (Å²) in [5.74, 6) is -0.595. The lowest BCUT2D eigenvalue weighted by molar-refractivity contribution is -0.194. The second kappa shape index (κ2) is 3.34. The van der Waals surface area contributed by atoms with E-state index in [2.05, 4.69) is 31.2 Å². The van der Waals surface area contributed by atoms with E-state index in [0.717, 1.165) is 25.7 Å². The van der Waals surface area contributed by atoms with E-state index in [1.165, 1.54) is 17.5 Å². The van der Waals surface area contributed by atoms with Gasteiger partial charge in [0.05, 0.1) is 5.41 Å². The van der Waals surface area contributed by atoms with Crippen LogP contribution in [0.15, 0.2) is 24.3 Å². The van der Waals surface area contributed by atoms with Crippen LogP contribution in [0.25, 0.3) is 0 Å². The molecule has 0 heterocycles. The SMILES string of the molecule is CCCc1ccc(C23CC(C(=O)O)(C2)C3)cc1. The predicted octanol–water partition coefficient (Wildman–Crippen LogP) is 3.15. The Balaban J connectivity index is 1.74. The number of hydrogen-bond donors (Lipinski definition) is 1. The van der Waals surface area contributed by atoms with Crippen molar-refractivity contribution in [1.82, 2.24) is 0 Å². The monoisotopic (exact) mass is 230 g/mol. The molecule has 17 heavy (non-hydrogen) atoms. The first-order chi connectivity index (χ1) is 8.10. The Hall–Kier alpha value is -1.31. The zero-order valence-corrected chi connectivity index (χ0v) is 10.2. The maximum absolute atomic E-state index is 11.1. The average molecular weight is 230 g/mol. The van der Waals surface area contributed by atoms with Gasteiger partial charge in [-0.15, -0.1) is 0 Å². The number of rotatable bonds is 4. The molecule has 90 valence electrons. The highest BCUT2D eigenvalue weighted by Crippen LogP contribution is 2.73. The first-order valence-corrected chi connectivity index (χ1v) is 6.43. The molecule has 0 unspecified atom stereocenters. The van der Waals surface area contributed by atoms with Crippen molar-refractivity contribution in [3.63, 3.8) is 0 Å². The average Bonchev–Trinajstić information content (AvgIpc) is 2.16. The van der Waals surface area contributed by atoms with Crippen LogP contribution in [0, 0.1) is 5.41 Å². The van der Waals surface area contributed by atoms with E-state index in [1.807, 2.05) is 0 Å². The van der Waals surface area contributed by atoms with Crippen molar-refractivity contribution in [2.75, 3.05) is 0 Å². The van der Waals surface area contributed by atoms with Crippen LogP contribution >= 0.6 is 0 Å². The van der Waals surface area contributed by atoms with Crippen molar-refractivity contribution in [1.29, 1.82) is 0 Å². The van der Waals surface area contributed by atoms with Crippen LogP contribution in [0.5, 0.6) is 0 Å². The van der Waals surface area contributed by atoms with Gasteiger partial charge in [0.15, 0.2) is 0 Å². The molecule has 0 saturated heterocycles. The minimum atomic E-state index is -0.595. The third kappa shape index (κ3) is 1.36. The van der Waals surface area contributed by atoms with Gasteiger partial charge in [-0.25, -0.2) is 0 Å². The van der Waals surface area contributed by atoms with Gasteiger partial charge in [0.25, 0.3) is 0 Å². The first-order valence-electron chi connectivity index (χ1n) is 6.43. The quantitative estimate of drug-likeness (QED) is 0.862. The fourth-order valence-corrected chi connectivity index (χ4v) is 3.63. The third-order valence-corrected chi connectivity index (χ3v) is 4.59. The molecule has 3 saturated carbocycles. The summed E-state index contributed by atoms with van der Waals surface area (Å²) in [6.45, 7) is 2.19. The van der Waals surface area contributed by atoms with Crippen molar-refractivity contribution < 1.29 is 9.90 Å². The maximum Gasteiger partial charge on any atom is 0.309 e. The molecule has 4 rings (SSSR count). The Morgan fingerprint density at radius 2 is 1.82 bits per heavy atom. The summed E-state index contributed by atoms with van der Waals surface area (Å²) in [7, 11) is 0. The number of benzene rings is 1. The van der Waals surface area contributed by atoms with Gasteiger partial charge in [-0.1, -0.05) is 37.6 Å². The van der Waals surface area contributed by atoms with Crippen molar-refractivity contribution in [2.24, 2.45) is 5.41 Å². The largest absolute Gasteiger partial charge is 0.481 e. The second-order valence-corrected chi connectivity index (χ2v) is 5.84. The van der Waals surface area contributed by atoms with Crippen LogP contribution in [0.4, 0.5) is 0 Å². The van der Waals surface area contributed by atoms with E-state index in [-0.39, 0.29) is 10.8 Å². The van der Waals surface area contributed by atoms with E-state index in [9.17, 15) is 4.79 Å². The zero-order chi connectivity index (χ0) is 12.1. The van der Waals surface area contributed by atoms with E-state index in [0.29, 0.717) is 0 Å². The molecule has 3 fully saturated rings. The van der Waals surface area contributed by atoms with Crippen LogP contribution in [0.1, 0.15) is 43.7 Å². The molecule has 0 amide bonds. The summed E-state index contributed by atoms with van der Waals surface area (Å²) in [5, 5.41) is 9.11. The molecule has 1 N–H and O–H groups in total. The summed E-state index contributed by atoms with van der Waals surface area (Å²) >= 11 is 0. The Morgan fingerprint density at radius 3 is 2.29 bits per heavy atom. The molecule has 0 aromatic heterocycles. The number of aliphatic carboxylic acids is 1. The minimum absolute atomic E-state index is 0.211. The molecule has 0 atom stereocenters. The van der Waals surface area contributed by atoms with Crippen LogP contribution in [0.3, 0.4) is 0 Å². The minimum Gasteiger partial charge on any atom is -0.481 e. The van der Waals surface area contributed by atoms with Crippen LogP contribution < -0.4 is 0 Å². The van der Waals surface area contributed by atoms with Gasteiger partial charge < -0.3 is 5.11 Å². The molecular formula is C15H18O2. The molecule has 0 spiro atoms. The highest BCUT2D eigenvalue weighted by molar-refractivity contribution is 5.80. The van der Waals surface area contributed by atoms with Crippen molar-refractivity contribution in [2.45, 2.75) is 44.4 Å². The molecule has 1 aromatic rings. The number of carboxylic acids is 1. The van der Waals surface area contributed by atoms with E-state index in [4.69, 9.17) is 5.11 Å². The lowest BCUT2D eigenvalue weighted by Gasteiger charge is -2.68. The predicted molar refractivity (Wildman–Crippen MR) is 66.0 cm³/mol. The number of hydrogen-bond acceptors (Lipinski definition) is 1. The van der Waals surface area contributed by atoms with Gasteiger partial charge >= 0.3 is 5.97 Å². The molecule has 3 aliphatic carbocycles. The standard InChI is InChI=1S/C15H18O2/c1-2-3-11-4-6-12(7-5-11)14-8-15(9-14,10-14)13(16)17/h4-7H,2-3,8-10H2,1H3,(H,16,17). The Labute approximate surface area is 102 Å². The second-order valence-electron chi connectivity index (χ2n) is 5.84. The van der Waals surface area contributed by atoms with Crippen molar-refractivity contribution in [3.8, 4) is 0 Å². The van der Waals surface area contributed by atoms with Gasteiger partial charge in [0.2, 0.25) is 0 Å². The Bertz CT molecular complexity index is 439. The van der Waals surface area contributed by atoms with Gasteiger partial charge in [0.1, 0.15) is 0 Å². The van der Waals surface area contributed by atoms with E-state index < -0.39 is 5.97 Å². The fourth-order valence-electron chi connectivity index (χ4n) is 3.63. The number of carboxylic acid groups (broad SMARTS) is 1. The van der Waals surface area contributed by atoms with Gasteiger partial charge in [-0.3, -0.25) is 4.79 Å². The molecular weight excluding hydrogens is 212 g/mol. The van der Waals surface area contributed by atoms with Crippen LogP contribution in [0.2, 0.25) is 0 Å². The fraction of sp³-hybridized carbons (Fsp3) is 0.533. The summed E-state index contributed by atoms with van der Waals surface area (Å²) in [6.07, 6.45) is 4.85. The van der Waals surface area contributed by atoms with Gasteiger partial charge in [-0.2, -0.15) is 0 Å². The molecule has 2 heteroatoms. The molecule has 2 bridgehead atoms. The maximum atomic E-state index is 11.1. The summed E-state index contributed by atoms with van der Waals surface area (Å²) in [5.41, 5.74) is 2.59. The smallest absolute Gasteiger partial charge is 0.309 e. The summed E-state index contributed by atoms with van der Waals surface area (Å²) < 4.78 is 0. The highest BCUT2D eigenvalue weighted by Gasteiger charge is 2.72. The number of carbonyl (C=O) groups is 1. The van der Waals surface area contributed by atoms with Crippen LogP contribution in [-0.2, 0) is 16.6 Å². The van der Waals surface area contributed by atoms with Crippen molar-refractivity contribution >= 4 is 5.97 Å². The third-order valence-electron chi connectivity index (χ3n) is 4.59. The Morgan fingerprint density at radius 1 is 1.24 bits per heavy atom. The van der Waals surface area contributed by atoms with E-state index >= 15 is 0 Å². The lowest BCUT2D eigenvalue weighted by atomic mass is 9.33. The molecule has 2 nitrogen and oxygen atoms in total. The topological polar surface area (TPSA) is 37.3 Å². The Kier molecular flexibility index (Phi) is 2.13. The van der Waals surface area contributed by atoms with Crippen LogP contribution in [-0.4, -0.2) is 11.1 Å². The van der Waals surface area contributed by atoms with Gasteiger partial charge in [0, 0.05) is 0 Å². The summed E-state index contributed by atoms with van der Waals surface area (Å²) in [6, 6.07) is 8.81. The summed E-state index contributed by atoms with van der Waals surface area (Å²) in [4.78, 5) is 11.1. The highest BCUT2D eigenvalue weighted by atomic mass is 16.4. The van der Waals surface area contributed by atoms with E-state index in [1.54, 1.807) is 0 Å². The van der Waals surface area contributed by atoms with Crippen molar-refractivity contribution in [3.05, 3.63) is 35.4 Å². The number of aryl methyl sites for hydroxylation is 1. The molecule has 0 radical (unpaired) electrons. The molecule has 3 aliphatic rings.